The Kier molecular flexibility index (Phi) is 3.23. The zero-order valence-corrected chi connectivity index (χ0v) is 12.6. The van der Waals surface area contributed by atoms with Gasteiger partial charge in [-0.25, -0.2) is 9.78 Å². The summed E-state index contributed by atoms with van der Waals surface area (Å²) in [4.78, 5) is 32.6. The summed E-state index contributed by atoms with van der Waals surface area (Å²) in [5, 5.41) is 9.08. The van der Waals surface area contributed by atoms with Gasteiger partial charge in [0.2, 0.25) is 0 Å². The first kappa shape index (κ1) is 14.3. The first-order valence-corrected chi connectivity index (χ1v) is 7.54. The minimum atomic E-state index is -1.07. The highest BCUT2D eigenvalue weighted by Gasteiger charge is 2.23. The molecule has 0 amide bonds. The van der Waals surface area contributed by atoms with E-state index in [1.807, 2.05) is 24.3 Å². The Morgan fingerprint density at radius 1 is 1.21 bits per heavy atom. The highest BCUT2D eigenvalue weighted by Crippen LogP contribution is 2.30. The van der Waals surface area contributed by atoms with E-state index in [1.54, 1.807) is 12.3 Å². The molecule has 0 saturated carbocycles. The quantitative estimate of drug-likeness (QED) is 0.783. The van der Waals surface area contributed by atoms with Crippen molar-refractivity contribution in [3.05, 3.63) is 75.6 Å². The van der Waals surface area contributed by atoms with Crippen molar-refractivity contribution in [2.24, 2.45) is 0 Å². The van der Waals surface area contributed by atoms with Crippen LogP contribution in [0.25, 0.3) is 17.3 Å². The van der Waals surface area contributed by atoms with Crippen molar-refractivity contribution in [3.63, 3.8) is 0 Å². The summed E-state index contributed by atoms with van der Waals surface area (Å²) in [6.45, 7) is 0. The minimum absolute atomic E-state index is 0.0635. The molecule has 3 aromatic heterocycles. The molecule has 24 heavy (non-hydrogen) atoms. The van der Waals surface area contributed by atoms with Crippen molar-refractivity contribution in [1.29, 1.82) is 0 Å². The van der Waals surface area contributed by atoms with E-state index in [1.165, 1.54) is 16.7 Å². The molecular weight excluding hydrogens is 306 g/mol. The lowest BCUT2D eigenvalue weighted by Crippen LogP contribution is -2.20. The van der Waals surface area contributed by atoms with Gasteiger partial charge in [0.25, 0.3) is 5.56 Å². The van der Waals surface area contributed by atoms with E-state index >= 15 is 0 Å². The summed E-state index contributed by atoms with van der Waals surface area (Å²) in [5.41, 5.74) is 3.41. The van der Waals surface area contributed by atoms with Gasteiger partial charge in [-0.2, -0.15) is 0 Å². The molecule has 118 valence electrons. The number of fused-ring (bicyclic) bond motifs is 2. The lowest BCUT2D eigenvalue weighted by molar-refractivity contribution is 0.0696. The molecular formula is C18H13N3O3. The van der Waals surface area contributed by atoms with Crippen LogP contribution in [0, 0.1) is 0 Å². The first-order valence-electron chi connectivity index (χ1n) is 7.54. The molecule has 0 spiro atoms. The Morgan fingerprint density at radius 3 is 2.83 bits per heavy atom. The number of rotatable bonds is 2. The van der Waals surface area contributed by atoms with Crippen LogP contribution in [0.5, 0.6) is 0 Å². The molecule has 6 nitrogen and oxygen atoms in total. The molecule has 0 fully saturated rings. The van der Waals surface area contributed by atoms with Gasteiger partial charge in [0.1, 0.15) is 5.65 Å². The van der Waals surface area contributed by atoms with Crippen LogP contribution in [0.15, 0.2) is 47.5 Å². The molecule has 1 aliphatic rings. The number of carboxylic acids is 1. The van der Waals surface area contributed by atoms with Crippen LogP contribution in [0.4, 0.5) is 0 Å². The van der Waals surface area contributed by atoms with E-state index in [-0.39, 0.29) is 11.1 Å². The standard InChI is InChI=1S/C18H13N3O3/c22-17-14-6-4-11(9-13-3-1-2-8-19-13)16(14)20-15-7-5-12(18(23)24)10-21(15)17/h1-3,5,7-10H,4,6H2,(H,23,24)/b11-9-. The fraction of sp³-hybridized carbons (Fsp3) is 0.111. The predicted molar refractivity (Wildman–Crippen MR) is 88.9 cm³/mol. The maximum absolute atomic E-state index is 12.7. The van der Waals surface area contributed by atoms with Gasteiger partial charge in [0.05, 0.1) is 17.0 Å². The maximum atomic E-state index is 12.7. The van der Waals surface area contributed by atoms with Crippen molar-refractivity contribution < 1.29 is 9.90 Å². The lowest BCUT2D eigenvalue weighted by Gasteiger charge is -2.06. The van der Waals surface area contributed by atoms with Gasteiger partial charge < -0.3 is 5.11 Å². The molecule has 3 aromatic rings. The smallest absolute Gasteiger partial charge is 0.337 e. The molecule has 0 aliphatic heterocycles. The average Bonchev–Trinajstić information content (AvgIpc) is 2.99. The van der Waals surface area contributed by atoms with Gasteiger partial charge in [0, 0.05) is 18.0 Å². The second-order valence-corrected chi connectivity index (χ2v) is 5.62. The summed E-state index contributed by atoms with van der Waals surface area (Å²) in [6, 6.07) is 8.67. The monoisotopic (exact) mass is 319 g/mol. The Labute approximate surface area is 136 Å². The van der Waals surface area contributed by atoms with E-state index in [9.17, 15) is 9.59 Å². The number of allylic oxidation sites excluding steroid dienone is 1. The maximum Gasteiger partial charge on any atom is 0.337 e. The molecule has 0 aromatic carbocycles. The fourth-order valence-corrected chi connectivity index (χ4v) is 2.95. The fourth-order valence-electron chi connectivity index (χ4n) is 2.95. The van der Waals surface area contributed by atoms with Gasteiger partial charge in [-0.05, 0) is 48.8 Å². The molecule has 0 radical (unpaired) electrons. The van der Waals surface area contributed by atoms with Crippen LogP contribution in [0.2, 0.25) is 0 Å². The summed E-state index contributed by atoms with van der Waals surface area (Å²) >= 11 is 0. The summed E-state index contributed by atoms with van der Waals surface area (Å²) in [7, 11) is 0. The number of nitrogens with zero attached hydrogens (tertiary/aromatic N) is 3. The van der Waals surface area contributed by atoms with Crippen molar-refractivity contribution in [2.75, 3.05) is 0 Å². The highest BCUT2D eigenvalue weighted by molar-refractivity contribution is 5.88. The minimum Gasteiger partial charge on any atom is -0.478 e. The van der Waals surface area contributed by atoms with Crippen molar-refractivity contribution in [3.8, 4) is 0 Å². The second kappa shape index (κ2) is 5.42. The molecule has 4 rings (SSSR count). The molecule has 3 heterocycles. The third-order valence-corrected chi connectivity index (χ3v) is 4.12. The van der Waals surface area contributed by atoms with E-state index < -0.39 is 5.97 Å². The SMILES string of the molecule is O=C(O)c1ccc2nc3c(c(=O)n2c1)CC/C3=C/c1ccccn1. The van der Waals surface area contributed by atoms with Crippen molar-refractivity contribution >= 4 is 23.3 Å². The van der Waals surface area contributed by atoms with Crippen LogP contribution in [0.1, 0.15) is 33.7 Å². The van der Waals surface area contributed by atoms with Crippen LogP contribution in [-0.2, 0) is 6.42 Å². The van der Waals surface area contributed by atoms with Crippen LogP contribution < -0.4 is 5.56 Å². The Hall–Kier alpha value is -3.28. The highest BCUT2D eigenvalue weighted by atomic mass is 16.4. The number of hydrogen-bond acceptors (Lipinski definition) is 4. The molecule has 0 saturated heterocycles. The first-order chi connectivity index (χ1) is 11.6. The average molecular weight is 319 g/mol. The van der Waals surface area contributed by atoms with Crippen LogP contribution in [-0.4, -0.2) is 25.4 Å². The third kappa shape index (κ3) is 2.28. The Balaban J connectivity index is 1.90. The Morgan fingerprint density at radius 2 is 2.08 bits per heavy atom. The summed E-state index contributed by atoms with van der Waals surface area (Å²) < 4.78 is 1.31. The van der Waals surface area contributed by atoms with E-state index in [0.717, 1.165) is 17.7 Å². The van der Waals surface area contributed by atoms with E-state index in [0.29, 0.717) is 23.3 Å². The molecule has 0 unspecified atom stereocenters. The number of pyridine rings is 2. The topological polar surface area (TPSA) is 84.6 Å². The largest absolute Gasteiger partial charge is 0.478 e. The van der Waals surface area contributed by atoms with Gasteiger partial charge in [0.15, 0.2) is 0 Å². The molecule has 1 aliphatic carbocycles. The Bertz CT molecular complexity index is 1050. The number of aromatic carboxylic acids is 1. The predicted octanol–water partition coefficient (Wildman–Crippen LogP) is 2.27. The second-order valence-electron chi connectivity index (χ2n) is 5.62. The third-order valence-electron chi connectivity index (χ3n) is 4.12. The zero-order valence-electron chi connectivity index (χ0n) is 12.6. The zero-order chi connectivity index (χ0) is 16.7. The van der Waals surface area contributed by atoms with Gasteiger partial charge in [-0.15, -0.1) is 0 Å². The number of carboxylic acid groups (broad SMARTS) is 1. The molecule has 1 N–H and O–H groups in total. The van der Waals surface area contributed by atoms with Crippen LogP contribution >= 0.6 is 0 Å². The normalized spacial score (nSPS) is 14.9. The van der Waals surface area contributed by atoms with Crippen LogP contribution in [0.3, 0.4) is 0 Å². The van der Waals surface area contributed by atoms with Crippen molar-refractivity contribution in [2.45, 2.75) is 12.8 Å². The van der Waals surface area contributed by atoms with E-state index in [4.69, 9.17) is 5.11 Å². The number of carbonyl (C=O) groups is 1. The van der Waals surface area contributed by atoms with Gasteiger partial charge in [-0.3, -0.25) is 14.2 Å². The van der Waals surface area contributed by atoms with Crippen molar-refractivity contribution in [1.82, 2.24) is 14.4 Å². The number of hydrogen-bond donors (Lipinski definition) is 1. The number of aromatic nitrogens is 3. The molecule has 0 bridgehead atoms. The molecule has 6 heteroatoms. The summed E-state index contributed by atoms with van der Waals surface area (Å²) in [5.74, 6) is -1.07. The molecule has 0 atom stereocenters. The lowest BCUT2D eigenvalue weighted by atomic mass is 10.1. The summed E-state index contributed by atoms with van der Waals surface area (Å²) in [6.07, 6.45) is 6.31. The van der Waals surface area contributed by atoms with Gasteiger partial charge in [-0.1, -0.05) is 6.07 Å². The van der Waals surface area contributed by atoms with E-state index in [2.05, 4.69) is 9.97 Å². The van der Waals surface area contributed by atoms with Gasteiger partial charge >= 0.3 is 5.97 Å².